The fourth-order valence-corrected chi connectivity index (χ4v) is 1.52. The molecule has 4 nitrogen and oxygen atoms in total. The highest BCUT2D eigenvalue weighted by Crippen LogP contribution is 2.32. The van der Waals surface area contributed by atoms with Gasteiger partial charge in [-0.25, -0.2) is 4.79 Å². The van der Waals surface area contributed by atoms with Crippen molar-refractivity contribution in [1.29, 1.82) is 0 Å². The lowest BCUT2D eigenvalue weighted by molar-refractivity contribution is 0.222. The van der Waals surface area contributed by atoms with Crippen molar-refractivity contribution < 1.29 is 19.4 Å². The van der Waals surface area contributed by atoms with E-state index < -0.39 is 5.30 Å². The van der Waals surface area contributed by atoms with Gasteiger partial charge in [0.2, 0.25) is 0 Å². The van der Waals surface area contributed by atoms with Crippen LogP contribution in [0.4, 0.5) is 4.79 Å². The Morgan fingerprint density at radius 2 is 2.07 bits per heavy atom. The van der Waals surface area contributed by atoms with Crippen LogP contribution < -0.4 is 9.47 Å². The van der Waals surface area contributed by atoms with Gasteiger partial charge in [-0.3, -0.25) is 0 Å². The molecule has 0 bridgehead atoms. The second kappa shape index (κ2) is 4.76. The molecule has 1 aromatic rings. The highest BCUT2D eigenvalue weighted by molar-refractivity contribution is 8.13. The molecule has 14 heavy (non-hydrogen) atoms. The highest BCUT2D eigenvalue weighted by atomic mass is 32.2. The minimum atomic E-state index is -0.964. The van der Waals surface area contributed by atoms with Crippen LogP contribution in [0.25, 0.3) is 0 Å². The molecular formula is C9H10O4S. The van der Waals surface area contributed by atoms with E-state index in [-0.39, 0.29) is 0 Å². The number of carboxylic acid groups (broad SMARTS) is 1. The molecule has 0 saturated heterocycles. The van der Waals surface area contributed by atoms with Crippen LogP contribution in [0.15, 0.2) is 23.1 Å². The third kappa shape index (κ3) is 2.56. The topological polar surface area (TPSA) is 55.8 Å². The van der Waals surface area contributed by atoms with Gasteiger partial charge in [0, 0.05) is 6.07 Å². The number of methoxy groups -OCH3 is 2. The zero-order valence-corrected chi connectivity index (χ0v) is 8.63. The summed E-state index contributed by atoms with van der Waals surface area (Å²) in [6.45, 7) is 0. The average Bonchev–Trinajstić information content (AvgIpc) is 2.17. The Morgan fingerprint density at radius 3 is 2.57 bits per heavy atom. The molecule has 0 aliphatic heterocycles. The van der Waals surface area contributed by atoms with Gasteiger partial charge in [-0.15, -0.1) is 0 Å². The van der Waals surface area contributed by atoms with Gasteiger partial charge in [-0.2, -0.15) is 0 Å². The monoisotopic (exact) mass is 214 g/mol. The van der Waals surface area contributed by atoms with Crippen molar-refractivity contribution in [1.82, 2.24) is 0 Å². The van der Waals surface area contributed by atoms with Crippen molar-refractivity contribution >= 4 is 17.1 Å². The molecule has 0 aromatic heterocycles. The largest absolute Gasteiger partial charge is 0.497 e. The third-order valence-electron chi connectivity index (χ3n) is 1.57. The first-order valence-corrected chi connectivity index (χ1v) is 4.62. The molecule has 1 N–H and O–H groups in total. The van der Waals surface area contributed by atoms with Crippen molar-refractivity contribution in [3.8, 4) is 11.5 Å². The van der Waals surface area contributed by atoms with Gasteiger partial charge >= 0.3 is 5.30 Å². The molecule has 0 saturated carbocycles. The van der Waals surface area contributed by atoms with Crippen molar-refractivity contribution in [2.75, 3.05) is 14.2 Å². The summed E-state index contributed by atoms with van der Waals surface area (Å²) in [5.41, 5.74) is 0. The van der Waals surface area contributed by atoms with Gasteiger partial charge in [0.15, 0.2) is 0 Å². The van der Waals surface area contributed by atoms with E-state index in [9.17, 15) is 4.79 Å². The Morgan fingerprint density at radius 1 is 1.36 bits per heavy atom. The lowest BCUT2D eigenvalue weighted by Gasteiger charge is -2.07. The van der Waals surface area contributed by atoms with Gasteiger partial charge in [-0.05, 0) is 23.9 Å². The number of thioether (sulfide) groups is 1. The summed E-state index contributed by atoms with van der Waals surface area (Å²) in [4.78, 5) is 11.0. The fourth-order valence-electron chi connectivity index (χ4n) is 0.953. The first kappa shape index (κ1) is 10.7. The third-order valence-corrected chi connectivity index (χ3v) is 2.30. The zero-order valence-electron chi connectivity index (χ0n) is 7.81. The van der Waals surface area contributed by atoms with Gasteiger partial charge in [-0.1, -0.05) is 0 Å². The Labute approximate surface area is 85.8 Å². The lowest BCUT2D eigenvalue weighted by Crippen LogP contribution is -1.91. The Balaban J connectivity index is 2.98. The van der Waals surface area contributed by atoms with Crippen LogP contribution in [0.5, 0.6) is 11.5 Å². The van der Waals surface area contributed by atoms with Crippen LogP contribution in [-0.2, 0) is 0 Å². The predicted molar refractivity (Wildman–Crippen MR) is 53.4 cm³/mol. The predicted octanol–water partition coefficient (Wildman–Crippen LogP) is 2.47. The van der Waals surface area contributed by atoms with Crippen molar-refractivity contribution in [3.63, 3.8) is 0 Å². The molecule has 5 heteroatoms. The minimum absolute atomic E-state index is 0.497. The van der Waals surface area contributed by atoms with Gasteiger partial charge in [0.1, 0.15) is 11.5 Å². The molecular weight excluding hydrogens is 204 g/mol. The van der Waals surface area contributed by atoms with Crippen molar-refractivity contribution in [2.45, 2.75) is 4.90 Å². The Kier molecular flexibility index (Phi) is 3.64. The Hall–Kier alpha value is -1.36. The summed E-state index contributed by atoms with van der Waals surface area (Å²) in [7, 11) is 3.03. The van der Waals surface area contributed by atoms with Crippen molar-refractivity contribution in [3.05, 3.63) is 18.2 Å². The number of rotatable bonds is 3. The Bertz CT molecular complexity index is 338. The molecule has 0 aliphatic carbocycles. The van der Waals surface area contributed by atoms with Crippen LogP contribution in [0.3, 0.4) is 0 Å². The van der Waals surface area contributed by atoms with Gasteiger partial charge in [0.05, 0.1) is 19.1 Å². The molecule has 0 heterocycles. The van der Waals surface area contributed by atoms with Gasteiger partial charge < -0.3 is 14.6 Å². The van der Waals surface area contributed by atoms with E-state index in [2.05, 4.69) is 0 Å². The van der Waals surface area contributed by atoms with E-state index >= 15 is 0 Å². The van der Waals surface area contributed by atoms with E-state index in [1.807, 2.05) is 0 Å². The van der Waals surface area contributed by atoms with E-state index in [4.69, 9.17) is 14.6 Å². The van der Waals surface area contributed by atoms with Crippen LogP contribution in [-0.4, -0.2) is 24.6 Å². The quantitative estimate of drug-likeness (QED) is 0.783. The molecule has 0 fully saturated rings. The summed E-state index contributed by atoms with van der Waals surface area (Å²) in [6.07, 6.45) is 0. The summed E-state index contributed by atoms with van der Waals surface area (Å²) in [6, 6.07) is 4.98. The fraction of sp³-hybridized carbons (Fsp3) is 0.222. The van der Waals surface area contributed by atoms with Crippen molar-refractivity contribution in [2.24, 2.45) is 0 Å². The van der Waals surface area contributed by atoms with E-state index in [0.717, 1.165) is 0 Å². The molecule has 0 unspecified atom stereocenters. The first-order chi connectivity index (χ1) is 6.67. The molecule has 1 aromatic carbocycles. The SMILES string of the molecule is COc1ccc(SC(=O)O)c(OC)c1. The maximum Gasteiger partial charge on any atom is 0.369 e. The standard InChI is InChI=1S/C9H10O4S/c1-12-6-3-4-8(14-9(10)11)7(5-6)13-2/h3-5H,1-2H3,(H,10,11). The molecule has 76 valence electrons. The number of ether oxygens (including phenoxy) is 2. The highest BCUT2D eigenvalue weighted by Gasteiger charge is 2.09. The van der Waals surface area contributed by atoms with Gasteiger partial charge in [0.25, 0.3) is 0 Å². The second-order valence-corrected chi connectivity index (χ2v) is 3.38. The molecule has 0 aliphatic rings. The number of benzene rings is 1. The number of hydrogen-bond acceptors (Lipinski definition) is 4. The van der Waals surface area contributed by atoms with Crippen LogP contribution in [0, 0.1) is 0 Å². The zero-order chi connectivity index (χ0) is 10.6. The minimum Gasteiger partial charge on any atom is -0.497 e. The smallest absolute Gasteiger partial charge is 0.369 e. The number of carbonyl (C=O) groups is 1. The maximum absolute atomic E-state index is 10.5. The first-order valence-electron chi connectivity index (χ1n) is 3.80. The molecule has 0 radical (unpaired) electrons. The van der Waals surface area contributed by atoms with E-state index in [1.165, 1.54) is 7.11 Å². The molecule has 1 rings (SSSR count). The summed E-state index contributed by atoms with van der Waals surface area (Å²) < 4.78 is 10.0. The average molecular weight is 214 g/mol. The number of hydrogen-bond donors (Lipinski definition) is 1. The van der Waals surface area contributed by atoms with E-state index in [0.29, 0.717) is 28.2 Å². The maximum atomic E-state index is 10.5. The molecule has 0 spiro atoms. The summed E-state index contributed by atoms with van der Waals surface area (Å²) in [5, 5.41) is 7.63. The molecule has 0 amide bonds. The summed E-state index contributed by atoms with van der Waals surface area (Å²) >= 11 is 0.705. The summed E-state index contributed by atoms with van der Waals surface area (Å²) in [5.74, 6) is 1.13. The van der Waals surface area contributed by atoms with Crippen LogP contribution in [0.2, 0.25) is 0 Å². The lowest BCUT2D eigenvalue weighted by atomic mass is 10.3. The molecule has 0 atom stereocenters. The second-order valence-electron chi connectivity index (χ2n) is 2.38. The van der Waals surface area contributed by atoms with Crippen LogP contribution in [0.1, 0.15) is 0 Å². The van der Waals surface area contributed by atoms with Crippen LogP contribution >= 0.6 is 11.8 Å². The van der Waals surface area contributed by atoms with E-state index in [1.54, 1.807) is 25.3 Å². The normalized spacial score (nSPS) is 9.57.